The molecule has 164 valence electrons. The molecule has 0 saturated heterocycles. The Bertz CT molecular complexity index is 832. The summed E-state index contributed by atoms with van der Waals surface area (Å²) in [6.45, 7) is 4.26. The number of nitrogens with zero attached hydrogens (tertiary/aromatic N) is 2. The van der Waals surface area contributed by atoms with E-state index in [1.54, 1.807) is 46.2 Å². The summed E-state index contributed by atoms with van der Waals surface area (Å²) in [7, 11) is 0. The van der Waals surface area contributed by atoms with E-state index in [2.05, 4.69) is 0 Å². The molecule has 0 spiro atoms. The second kappa shape index (κ2) is 13.2. The third kappa shape index (κ3) is 9.69. The number of phenols is 2. The van der Waals surface area contributed by atoms with Crippen molar-refractivity contribution in [3.8, 4) is 11.5 Å². The number of aliphatic carboxylic acids is 2. The molecule has 0 bridgehead atoms. The van der Waals surface area contributed by atoms with Crippen molar-refractivity contribution in [1.29, 1.82) is 0 Å². The van der Waals surface area contributed by atoms with Crippen LogP contribution in [0.1, 0.15) is 22.3 Å². The number of hydrogen-bond donors (Lipinski definition) is 4. The van der Waals surface area contributed by atoms with E-state index in [4.69, 9.17) is 0 Å². The molecule has 0 unspecified atom stereocenters. The van der Waals surface area contributed by atoms with Crippen LogP contribution in [-0.4, -0.2) is 120 Å². The molecule has 2 aromatic carbocycles. The van der Waals surface area contributed by atoms with Gasteiger partial charge in [0.2, 0.25) is 0 Å². The predicted octanol–water partition coefficient (Wildman–Crippen LogP) is 1.54. The van der Waals surface area contributed by atoms with Crippen molar-refractivity contribution in [3.05, 3.63) is 58.7 Å². The second-order valence-corrected chi connectivity index (χ2v) is 7.47. The molecule has 0 fully saturated rings. The zero-order chi connectivity index (χ0) is 22.3. The Kier molecular flexibility index (Phi) is 11.7. The fraction of sp³-hybridized carbons (Fsp3) is 0.364. The van der Waals surface area contributed by atoms with Crippen molar-refractivity contribution in [2.75, 3.05) is 26.2 Å². The van der Waals surface area contributed by atoms with Crippen LogP contribution in [0, 0.1) is 13.8 Å². The summed E-state index contributed by atoms with van der Waals surface area (Å²) in [5.41, 5.74) is 3.11. The number of carbonyl (C=O) groups is 2. The molecule has 4 N–H and O–H groups in total. The van der Waals surface area contributed by atoms with E-state index in [0.29, 0.717) is 11.1 Å². The van der Waals surface area contributed by atoms with Crippen LogP contribution in [0.15, 0.2) is 36.4 Å². The number of hydrogen-bond acceptors (Lipinski definition) is 6. The fourth-order valence-corrected chi connectivity index (χ4v) is 3.26. The van der Waals surface area contributed by atoms with Crippen molar-refractivity contribution in [2.24, 2.45) is 0 Å². The van der Waals surface area contributed by atoms with Crippen molar-refractivity contribution in [2.45, 2.75) is 26.9 Å². The van der Waals surface area contributed by atoms with Gasteiger partial charge in [-0.15, -0.1) is 0 Å². The molecule has 31 heavy (non-hydrogen) atoms. The normalized spacial score (nSPS) is 10.8. The van der Waals surface area contributed by atoms with Crippen LogP contribution < -0.4 is 0 Å². The first kappa shape index (κ1) is 27.6. The summed E-state index contributed by atoms with van der Waals surface area (Å²) in [5.74, 6) is -1.85. The van der Waals surface area contributed by atoms with Crippen LogP contribution in [0.3, 0.4) is 0 Å². The first-order valence-electron chi connectivity index (χ1n) is 9.59. The Balaban J connectivity index is 0.00000480. The van der Waals surface area contributed by atoms with Gasteiger partial charge in [0.15, 0.2) is 0 Å². The van der Waals surface area contributed by atoms with E-state index in [1.165, 1.54) is 0 Å². The van der Waals surface area contributed by atoms with E-state index >= 15 is 0 Å². The Hall–Kier alpha value is -1.46. The Labute approximate surface area is 224 Å². The monoisotopic (exact) mass is 456 g/mol. The van der Waals surface area contributed by atoms with Gasteiger partial charge in [0.1, 0.15) is 11.5 Å². The maximum atomic E-state index is 11.3. The van der Waals surface area contributed by atoms with Crippen LogP contribution in [0.5, 0.6) is 11.5 Å². The van der Waals surface area contributed by atoms with E-state index in [-0.39, 0.29) is 102 Å². The summed E-state index contributed by atoms with van der Waals surface area (Å²) < 4.78 is 0. The summed E-state index contributed by atoms with van der Waals surface area (Å²) in [4.78, 5) is 25.9. The van der Waals surface area contributed by atoms with Gasteiger partial charge in [0, 0.05) is 37.3 Å². The molecule has 0 heterocycles. The third-order valence-corrected chi connectivity index (χ3v) is 4.71. The minimum atomic E-state index is -1.01. The molecule has 2 rings (SSSR count). The van der Waals surface area contributed by atoms with Gasteiger partial charge in [0.05, 0.1) is 13.1 Å². The molecular weight excluding hydrogens is 427 g/mol. The number of benzene rings is 2. The Morgan fingerprint density at radius 2 is 1.10 bits per heavy atom. The maximum absolute atomic E-state index is 11.3. The van der Waals surface area contributed by atoms with E-state index < -0.39 is 11.9 Å². The topological polar surface area (TPSA) is 122 Å². The van der Waals surface area contributed by atoms with Gasteiger partial charge in [-0.2, -0.15) is 0 Å². The SMILES string of the molecule is Cc1ccc(O)c(CN(CCN(CC(=O)O)Cc2cc(C)ccc2O)CC(=O)O)c1.[KH]. The third-order valence-electron chi connectivity index (χ3n) is 4.71. The number of aromatic hydroxyl groups is 2. The van der Waals surface area contributed by atoms with Gasteiger partial charge in [0.25, 0.3) is 0 Å². The van der Waals surface area contributed by atoms with Gasteiger partial charge in [-0.05, 0) is 26.0 Å². The number of carboxylic acids is 2. The molecule has 0 radical (unpaired) electrons. The molecule has 9 heteroatoms. The van der Waals surface area contributed by atoms with E-state index in [0.717, 1.165) is 11.1 Å². The van der Waals surface area contributed by atoms with Gasteiger partial charge in [-0.1, -0.05) is 35.4 Å². The van der Waals surface area contributed by atoms with Crippen LogP contribution in [0.25, 0.3) is 0 Å². The van der Waals surface area contributed by atoms with Crippen LogP contribution in [0.4, 0.5) is 0 Å². The van der Waals surface area contributed by atoms with Crippen molar-refractivity contribution in [1.82, 2.24) is 9.80 Å². The molecule has 0 aliphatic heterocycles. The van der Waals surface area contributed by atoms with Crippen molar-refractivity contribution < 1.29 is 30.0 Å². The fourth-order valence-electron chi connectivity index (χ4n) is 3.26. The summed E-state index contributed by atoms with van der Waals surface area (Å²) in [6.07, 6.45) is 0. The first-order chi connectivity index (χ1) is 14.1. The summed E-state index contributed by atoms with van der Waals surface area (Å²) in [5, 5.41) is 38.7. The van der Waals surface area contributed by atoms with Gasteiger partial charge < -0.3 is 20.4 Å². The van der Waals surface area contributed by atoms with Crippen LogP contribution >= 0.6 is 0 Å². The molecule has 2 aromatic rings. The molecule has 8 nitrogen and oxygen atoms in total. The predicted molar refractivity (Wildman–Crippen MR) is 119 cm³/mol. The average molecular weight is 457 g/mol. The van der Waals surface area contributed by atoms with Gasteiger partial charge in [-0.25, -0.2) is 0 Å². The van der Waals surface area contributed by atoms with Crippen molar-refractivity contribution in [3.63, 3.8) is 0 Å². The molecule has 0 aromatic heterocycles. The minimum absolute atomic E-state index is 0. The zero-order valence-corrected chi connectivity index (χ0v) is 17.2. The summed E-state index contributed by atoms with van der Waals surface area (Å²) >= 11 is 0. The molecule has 0 aliphatic rings. The second-order valence-electron chi connectivity index (χ2n) is 7.47. The number of aryl methyl sites for hydroxylation is 2. The number of carboxylic acid groups (broad SMARTS) is 2. The van der Waals surface area contributed by atoms with Crippen molar-refractivity contribution >= 4 is 63.3 Å². The molecular formula is C22H29KN2O6. The molecule has 0 atom stereocenters. The zero-order valence-electron chi connectivity index (χ0n) is 17.2. The average Bonchev–Trinajstić information content (AvgIpc) is 2.64. The van der Waals surface area contributed by atoms with E-state index in [9.17, 15) is 30.0 Å². The standard InChI is InChI=1S/C22H28N2O6.K.H/c1-15-3-5-19(25)17(9-15)11-23(13-21(27)28)7-8-24(14-22(29)30)12-18-10-16(2)4-6-20(18)26;;/h3-6,9-10,25-26H,7-8,11-14H2,1-2H3,(H,27,28)(H,29,30);;. The van der Waals surface area contributed by atoms with Gasteiger partial charge >= 0.3 is 63.3 Å². The first-order valence-corrected chi connectivity index (χ1v) is 9.59. The molecule has 0 aliphatic carbocycles. The quantitative estimate of drug-likeness (QED) is 0.376. The molecule has 0 saturated carbocycles. The number of phenolic OH excluding ortho intramolecular Hbond substituents is 2. The van der Waals surface area contributed by atoms with Crippen LogP contribution in [0.2, 0.25) is 0 Å². The molecule has 0 amide bonds. The van der Waals surface area contributed by atoms with Crippen LogP contribution in [-0.2, 0) is 22.7 Å². The Morgan fingerprint density at radius 3 is 1.42 bits per heavy atom. The Morgan fingerprint density at radius 1 is 0.742 bits per heavy atom. The summed E-state index contributed by atoms with van der Waals surface area (Å²) in [6, 6.07) is 10.3. The van der Waals surface area contributed by atoms with E-state index in [1.807, 2.05) is 13.8 Å². The number of rotatable bonds is 11. The van der Waals surface area contributed by atoms with Gasteiger partial charge in [-0.3, -0.25) is 19.4 Å².